The van der Waals surface area contributed by atoms with Crippen LogP contribution >= 0.6 is 0 Å². The van der Waals surface area contributed by atoms with E-state index in [4.69, 9.17) is 0 Å². The molecule has 4 rings (SSSR count). The number of aromatic nitrogens is 4. The fourth-order valence-corrected chi connectivity index (χ4v) is 5.50. The molecule has 9 nitrogen and oxygen atoms in total. The fraction of sp³-hybridized carbons (Fsp3) is 0.333. The zero-order valence-electron chi connectivity index (χ0n) is 18.1. The van der Waals surface area contributed by atoms with Crippen molar-refractivity contribution >= 4 is 21.6 Å². The summed E-state index contributed by atoms with van der Waals surface area (Å²) in [6, 6.07) is 6.51. The van der Waals surface area contributed by atoms with E-state index < -0.39 is 44.6 Å². The summed E-state index contributed by atoms with van der Waals surface area (Å²) < 4.78 is 65.6. The predicted molar refractivity (Wildman–Crippen MR) is 117 cm³/mol. The number of carbonyl (C=O) groups excluding carboxylic acids is 1. The molecule has 1 unspecified atom stereocenters. The molecule has 1 atom stereocenters. The van der Waals surface area contributed by atoms with Crippen molar-refractivity contribution in [2.45, 2.75) is 32.5 Å². The second-order valence-corrected chi connectivity index (χ2v) is 10.3. The Morgan fingerprint density at radius 2 is 1.88 bits per heavy atom. The van der Waals surface area contributed by atoms with Crippen LogP contribution in [0.15, 0.2) is 41.2 Å². The number of amides is 1. The number of halogens is 3. The van der Waals surface area contributed by atoms with Crippen LogP contribution in [0.25, 0.3) is 5.69 Å². The summed E-state index contributed by atoms with van der Waals surface area (Å²) in [5, 5.41) is 10.8. The van der Waals surface area contributed by atoms with Crippen molar-refractivity contribution in [3.63, 3.8) is 0 Å². The maximum Gasteiger partial charge on any atom is 0.416 e. The molecule has 0 radical (unpaired) electrons. The van der Waals surface area contributed by atoms with Crippen molar-refractivity contribution in [1.29, 1.82) is 0 Å². The predicted octanol–water partition coefficient (Wildman–Crippen LogP) is 2.68. The molecule has 1 fully saturated rings. The second kappa shape index (κ2) is 8.38. The number of alkyl halides is 3. The van der Waals surface area contributed by atoms with E-state index in [1.807, 2.05) is 0 Å². The van der Waals surface area contributed by atoms with Crippen molar-refractivity contribution in [2.24, 2.45) is 0 Å². The molecule has 1 saturated heterocycles. The lowest BCUT2D eigenvalue weighted by Crippen LogP contribution is -2.28. The van der Waals surface area contributed by atoms with E-state index >= 15 is 0 Å². The number of carbonyl (C=O) groups is 1. The lowest BCUT2D eigenvalue weighted by atomic mass is 10.2. The number of nitrogens with zero attached hydrogens (tertiary/aromatic N) is 4. The van der Waals surface area contributed by atoms with Crippen LogP contribution in [0.4, 0.5) is 19.0 Å². The van der Waals surface area contributed by atoms with Crippen LogP contribution in [0, 0.1) is 13.8 Å². The SMILES string of the molecule is Cc1cc(NC(=O)c2nn(-c3cccc(C(F)(F)F)c3)c(C)cc2=O)n(C2CCS(=O)(=O)C2)n1. The van der Waals surface area contributed by atoms with Gasteiger partial charge in [-0.2, -0.15) is 23.4 Å². The second-order valence-electron chi connectivity index (χ2n) is 8.08. The average Bonchev–Trinajstić information content (AvgIpc) is 3.28. The number of sulfone groups is 1. The molecule has 3 heterocycles. The van der Waals surface area contributed by atoms with Gasteiger partial charge in [0.15, 0.2) is 15.5 Å². The normalized spacial score (nSPS) is 17.6. The van der Waals surface area contributed by atoms with E-state index in [1.54, 1.807) is 6.92 Å². The highest BCUT2D eigenvalue weighted by atomic mass is 32.2. The molecule has 1 amide bonds. The largest absolute Gasteiger partial charge is 0.416 e. The fourth-order valence-electron chi connectivity index (χ4n) is 3.81. The quantitative estimate of drug-likeness (QED) is 0.595. The average molecular weight is 495 g/mol. The molecule has 0 aliphatic carbocycles. The standard InChI is InChI=1S/C21H20F3N5O4S/c1-12-8-18(29(26-12)16-6-7-34(32,33)11-16)25-20(31)19-17(30)9-13(2)28(27-19)15-5-3-4-14(10-15)21(22,23)24/h3-5,8-10,16H,6-7,11H2,1-2H3,(H,25,31). The van der Waals surface area contributed by atoms with Crippen LogP contribution in [-0.4, -0.2) is 45.4 Å². The molecule has 0 spiro atoms. The van der Waals surface area contributed by atoms with Crippen molar-refractivity contribution in [1.82, 2.24) is 19.6 Å². The van der Waals surface area contributed by atoms with Gasteiger partial charge in [-0.3, -0.25) is 9.59 Å². The Balaban J connectivity index is 1.68. The molecule has 2 aromatic heterocycles. The molecule has 13 heteroatoms. The van der Waals surface area contributed by atoms with Crippen LogP contribution in [0.2, 0.25) is 0 Å². The monoisotopic (exact) mass is 495 g/mol. The van der Waals surface area contributed by atoms with E-state index in [0.717, 1.165) is 22.9 Å². The summed E-state index contributed by atoms with van der Waals surface area (Å²) in [5.41, 5.74) is -1.37. The molecule has 3 aromatic rings. The van der Waals surface area contributed by atoms with E-state index in [1.165, 1.54) is 29.8 Å². The van der Waals surface area contributed by atoms with E-state index in [2.05, 4.69) is 15.5 Å². The minimum absolute atomic E-state index is 0.00513. The molecular formula is C21H20F3N5O4S. The molecule has 1 aromatic carbocycles. The highest BCUT2D eigenvalue weighted by Crippen LogP contribution is 2.30. The minimum Gasteiger partial charge on any atom is -0.305 e. The molecular weight excluding hydrogens is 475 g/mol. The van der Waals surface area contributed by atoms with Crippen molar-refractivity contribution in [3.8, 4) is 5.69 Å². The molecule has 1 aliphatic heterocycles. The molecule has 1 aliphatic rings. The van der Waals surface area contributed by atoms with E-state index in [9.17, 15) is 31.2 Å². The van der Waals surface area contributed by atoms with Crippen LogP contribution in [-0.2, 0) is 16.0 Å². The van der Waals surface area contributed by atoms with Crippen LogP contribution in [0.1, 0.15) is 39.9 Å². The van der Waals surface area contributed by atoms with Gasteiger partial charge in [-0.1, -0.05) is 6.07 Å². The number of hydrogen-bond acceptors (Lipinski definition) is 6. The van der Waals surface area contributed by atoms with E-state index in [-0.39, 0.29) is 28.7 Å². The first kappa shape index (κ1) is 23.7. The van der Waals surface area contributed by atoms with Gasteiger partial charge in [-0.05, 0) is 38.5 Å². The van der Waals surface area contributed by atoms with E-state index in [0.29, 0.717) is 12.1 Å². The Kier molecular flexibility index (Phi) is 5.84. The van der Waals surface area contributed by atoms with Gasteiger partial charge in [0.05, 0.1) is 34.5 Å². The summed E-state index contributed by atoms with van der Waals surface area (Å²) in [7, 11) is -3.21. The Hall–Kier alpha value is -3.48. The molecule has 1 N–H and O–H groups in total. The Morgan fingerprint density at radius 1 is 1.15 bits per heavy atom. The van der Waals surface area contributed by atoms with Crippen molar-refractivity contribution in [3.05, 3.63) is 69.3 Å². The summed E-state index contributed by atoms with van der Waals surface area (Å²) in [6.45, 7) is 3.15. The zero-order valence-corrected chi connectivity index (χ0v) is 18.9. The zero-order chi connectivity index (χ0) is 24.8. The van der Waals surface area contributed by atoms with Crippen LogP contribution in [0.3, 0.4) is 0 Å². The number of hydrogen-bond donors (Lipinski definition) is 1. The van der Waals surface area contributed by atoms with Crippen LogP contribution in [0.5, 0.6) is 0 Å². The Morgan fingerprint density at radius 3 is 2.53 bits per heavy atom. The molecule has 0 saturated carbocycles. The number of aryl methyl sites for hydroxylation is 2. The highest BCUT2D eigenvalue weighted by Gasteiger charge is 2.32. The third-order valence-electron chi connectivity index (χ3n) is 5.39. The van der Waals surface area contributed by atoms with Crippen LogP contribution < -0.4 is 10.7 Å². The summed E-state index contributed by atoms with van der Waals surface area (Å²) >= 11 is 0. The first-order valence-corrected chi connectivity index (χ1v) is 12.0. The lowest BCUT2D eigenvalue weighted by molar-refractivity contribution is -0.137. The van der Waals surface area contributed by atoms with Gasteiger partial charge in [0.2, 0.25) is 5.43 Å². The van der Waals surface area contributed by atoms with Gasteiger partial charge in [-0.15, -0.1) is 0 Å². The first-order valence-electron chi connectivity index (χ1n) is 10.2. The number of anilines is 1. The third-order valence-corrected chi connectivity index (χ3v) is 7.14. The van der Waals surface area contributed by atoms with Crippen molar-refractivity contribution in [2.75, 3.05) is 16.8 Å². The third kappa shape index (κ3) is 4.74. The van der Waals surface area contributed by atoms with Gasteiger partial charge in [-0.25, -0.2) is 17.8 Å². The maximum absolute atomic E-state index is 13.1. The number of benzene rings is 1. The van der Waals surface area contributed by atoms with Gasteiger partial charge < -0.3 is 5.32 Å². The first-order chi connectivity index (χ1) is 15.8. The molecule has 180 valence electrons. The van der Waals surface area contributed by atoms with Gasteiger partial charge in [0.1, 0.15) is 5.82 Å². The number of rotatable bonds is 4. The highest BCUT2D eigenvalue weighted by molar-refractivity contribution is 7.91. The Bertz CT molecular complexity index is 1440. The summed E-state index contributed by atoms with van der Waals surface area (Å²) in [6.07, 6.45) is -4.25. The Labute approximate surface area is 192 Å². The minimum atomic E-state index is -4.58. The maximum atomic E-state index is 13.1. The topological polar surface area (TPSA) is 116 Å². The molecule has 34 heavy (non-hydrogen) atoms. The summed E-state index contributed by atoms with van der Waals surface area (Å²) in [4.78, 5) is 25.4. The summed E-state index contributed by atoms with van der Waals surface area (Å²) in [5.74, 6) is -0.822. The van der Waals surface area contributed by atoms with Crippen molar-refractivity contribution < 1.29 is 26.4 Å². The van der Waals surface area contributed by atoms with Gasteiger partial charge >= 0.3 is 6.18 Å². The molecule has 0 bridgehead atoms. The lowest BCUT2D eigenvalue weighted by Gasteiger charge is -2.15. The smallest absolute Gasteiger partial charge is 0.305 e. The van der Waals surface area contributed by atoms with Gasteiger partial charge in [0.25, 0.3) is 5.91 Å². The number of nitrogens with one attached hydrogen (secondary N) is 1. The van der Waals surface area contributed by atoms with Gasteiger partial charge in [0, 0.05) is 17.8 Å².